The molecule has 10 heteroatoms. The van der Waals surface area contributed by atoms with Crippen LogP contribution in [0, 0.1) is 0 Å². The number of carboxylic acids is 3. The Morgan fingerprint density at radius 3 is 1.42 bits per heavy atom. The molecule has 140 valence electrons. The zero-order valence-electron chi connectivity index (χ0n) is 14.1. The number of hydrogen-bond donors (Lipinski definition) is 4. The largest absolute Gasteiger partial charge is 0.545 e. The second kappa shape index (κ2) is 10.9. The lowest BCUT2D eigenvalue weighted by Crippen LogP contribution is -2.23. The van der Waals surface area contributed by atoms with Crippen LogP contribution in [0.5, 0.6) is 0 Å². The van der Waals surface area contributed by atoms with Gasteiger partial charge in [0.05, 0.1) is 17.5 Å². The van der Waals surface area contributed by atoms with Gasteiger partial charge in [-0.25, -0.2) is 4.79 Å². The van der Waals surface area contributed by atoms with Crippen LogP contribution in [-0.4, -0.2) is 28.9 Å². The zero-order chi connectivity index (χ0) is 18.3. The van der Waals surface area contributed by atoms with Gasteiger partial charge in [0.1, 0.15) is 0 Å². The average Bonchev–Trinajstić information content (AvgIpc) is 2.55. The molecular formula is C16H19N3O7. The molecule has 0 aliphatic carbocycles. The molecule has 0 atom stereocenters. The van der Waals surface area contributed by atoms with Crippen molar-refractivity contribution in [1.82, 2.24) is 12.3 Å². The van der Waals surface area contributed by atoms with Crippen molar-refractivity contribution in [2.24, 2.45) is 5.73 Å². The van der Waals surface area contributed by atoms with E-state index in [-0.39, 0.29) is 34.6 Å². The van der Waals surface area contributed by atoms with Crippen molar-refractivity contribution in [2.75, 3.05) is 0 Å². The lowest BCUT2D eigenvalue weighted by molar-refractivity contribution is -0.256. The first-order chi connectivity index (χ1) is 11.2. The smallest absolute Gasteiger partial charge is 0.335 e. The number of amides is 1. The van der Waals surface area contributed by atoms with Gasteiger partial charge < -0.3 is 42.9 Å². The Bertz CT molecular complexity index is 680. The van der Waals surface area contributed by atoms with Crippen molar-refractivity contribution >= 4 is 23.8 Å². The molecule has 10 nitrogen and oxygen atoms in total. The summed E-state index contributed by atoms with van der Waals surface area (Å²) in [5.74, 6) is -4.51. The van der Waals surface area contributed by atoms with E-state index >= 15 is 0 Å². The third-order valence-corrected chi connectivity index (χ3v) is 2.73. The van der Waals surface area contributed by atoms with E-state index in [1.165, 1.54) is 42.5 Å². The Morgan fingerprint density at radius 1 is 0.731 bits per heavy atom. The normalized spacial score (nSPS) is 8.62. The Morgan fingerprint density at radius 2 is 1.08 bits per heavy atom. The topological polar surface area (TPSA) is 234 Å². The standard InChI is InChI=1S/C8H7NO3.C8H6O4.2H3N/c2*9-7(10)5-2-1-3-6(4-5)8(11)12;;/h1-4H,(H2,9,10)(H,11,12);1-4H,(H,9,10)(H,11,12);2*1H3. The number of aromatic carboxylic acids is 3. The SMILES string of the molecule is NC(=O)c1cccc(C(=O)[O-])c1.O=C([O-])c1cccc(C(=O)O)c1.[NH4+].[NH4+]. The molecule has 0 aliphatic rings. The van der Waals surface area contributed by atoms with Crippen LogP contribution in [0.4, 0.5) is 0 Å². The summed E-state index contributed by atoms with van der Waals surface area (Å²) >= 11 is 0. The molecule has 0 unspecified atom stereocenters. The van der Waals surface area contributed by atoms with E-state index in [0.29, 0.717) is 0 Å². The molecule has 26 heavy (non-hydrogen) atoms. The maximum Gasteiger partial charge on any atom is 0.335 e. The summed E-state index contributed by atoms with van der Waals surface area (Å²) < 4.78 is 0. The van der Waals surface area contributed by atoms with Gasteiger partial charge in [-0.2, -0.15) is 0 Å². The highest BCUT2D eigenvalue weighted by Crippen LogP contribution is 2.04. The van der Waals surface area contributed by atoms with E-state index in [1.807, 2.05) is 0 Å². The minimum Gasteiger partial charge on any atom is -0.545 e. The number of quaternary nitrogens is 2. The molecule has 0 saturated heterocycles. The van der Waals surface area contributed by atoms with E-state index in [0.717, 1.165) is 6.07 Å². The summed E-state index contributed by atoms with van der Waals surface area (Å²) in [4.78, 5) is 41.5. The highest BCUT2D eigenvalue weighted by atomic mass is 16.4. The van der Waals surface area contributed by atoms with Crippen LogP contribution >= 0.6 is 0 Å². The van der Waals surface area contributed by atoms with E-state index in [9.17, 15) is 29.4 Å². The molecule has 0 aliphatic heterocycles. The molecule has 0 spiro atoms. The lowest BCUT2D eigenvalue weighted by Gasteiger charge is -2.02. The minimum atomic E-state index is -1.38. The van der Waals surface area contributed by atoms with Gasteiger partial charge in [0.25, 0.3) is 0 Å². The predicted octanol–water partition coefficient (Wildman–Crippen LogP) is -0.350. The first kappa shape index (κ1) is 24.5. The highest BCUT2D eigenvalue weighted by molar-refractivity contribution is 5.96. The van der Waals surface area contributed by atoms with Crippen molar-refractivity contribution in [3.63, 3.8) is 0 Å². The van der Waals surface area contributed by atoms with Gasteiger partial charge in [-0.15, -0.1) is 0 Å². The van der Waals surface area contributed by atoms with Crippen molar-refractivity contribution in [2.45, 2.75) is 0 Å². The lowest BCUT2D eigenvalue weighted by atomic mass is 10.1. The summed E-state index contributed by atoms with van der Waals surface area (Å²) in [6.07, 6.45) is 0. The van der Waals surface area contributed by atoms with E-state index in [2.05, 4.69) is 0 Å². The first-order valence-electron chi connectivity index (χ1n) is 6.38. The number of primary amides is 1. The number of carboxylic acid groups (broad SMARTS) is 3. The number of hydrogen-bond acceptors (Lipinski definition) is 6. The molecule has 1 amide bonds. The summed E-state index contributed by atoms with van der Waals surface area (Å²) in [6.45, 7) is 0. The van der Waals surface area contributed by atoms with E-state index in [1.54, 1.807) is 0 Å². The van der Waals surface area contributed by atoms with Crippen LogP contribution in [0.1, 0.15) is 41.4 Å². The van der Waals surface area contributed by atoms with Gasteiger partial charge in [0.15, 0.2) is 0 Å². The molecular weight excluding hydrogens is 346 g/mol. The maximum atomic E-state index is 10.6. The molecule has 0 fully saturated rings. The van der Waals surface area contributed by atoms with Gasteiger partial charge in [0.2, 0.25) is 5.91 Å². The predicted molar refractivity (Wildman–Crippen MR) is 89.0 cm³/mol. The van der Waals surface area contributed by atoms with Crippen molar-refractivity contribution in [1.29, 1.82) is 0 Å². The van der Waals surface area contributed by atoms with Crippen LogP contribution in [0.25, 0.3) is 0 Å². The Balaban J connectivity index is 0. The molecule has 0 radical (unpaired) electrons. The zero-order valence-corrected chi connectivity index (χ0v) is 14.1. The fourth-order valence-corrected chi connectivity index (χ4v) is 1.58. The molecule has 0 aromatic heterocycles. The summed E-state index contributed by atoms with van der Waals surface area (Å²) in [6, 6.07) is 10.4. The second-order valence-corrected chi connectivity index (χ2v) is 4.41. The van der Waals surface area contributed by atoms with Gasteiger partial charge >= 0.3 is 5.97 Å². The van der Waals surface area contributed by atoms with Crippen LogP contribution in [0.3, 0.4) is 0 Å². The Labute approximate surface area is 148 Å². The molecule has 0 bridgehead atoms. The number of benzene rings is 2. The number of carbonyl (C=O) groups is 4. The third kappa shape index (κ3) is 7.21. The molecule has 11 N–H and O–H groups in total. The minimum absolute atomic E-state index is 0. The summed E-state index contributed by atoms with van der Waals surface area (Å²) in [7, 11) is 0. The molecule has 0 saturated carbocycles. The maximum absolute atomic E-state index is 10.6. The quantitative estimate of drug-likeness (QED) is 0.561. The van der Waals surface area contributed by atoms with Gasteiger partial charge in [-0.1, -0.05) is 24.3 Å². The van der Waals surface area contributed by atoms with Crippen molar-refractivity contribution in [3.05, 3.63) is 70.8 Å². The van der Waals surface area contributed by atoms with Crippen molar-refractivity contribution in [3.8, 4) is 0 Å². The third-order valence-electron chi connectivity index (χ3n) is 2.73. The van der Waals surface area contributed by atoms with Crippen LogP contribution in [0.2, 0.25) is 0 Å². The first-order valence-corrected chi connectivity index (χ1v) is 6.38. The van der Waals surface area contributed by atoms with Gasteiger partial charge in [0, 0.05) is 5.56 Å². The van der Waals surface area contributed by atoms with Gasteiger partial charge in [-0.3, -0.25) is 4.79 Å². The van der Waals surface area contributed by atoms with Gasteiger partial charge in [-0.05, 0) is 35.4 Å². The molecule has 2 aromatic carbocycles. The monoisotopic (exact) mass is 365 g/mol. The highest BCUT2D eigenvalue weighted by Gasteiger charge is 2.02. The van der Waals surface area contributed by atoms with Crippen LogP contribution < -0.4 is 28.2 Å². The fourth-order valence-electron chi connectivity index (χ4n) is 1.58. The number of nitrogens with two attached hydrogens (primary N) is 1. The summed E-state index contributed by atoms with van der Waals surface area (Å²) in [5, 5.41) is 29.1. The molecule has 0 heterocycles. The number of carbonyl (C=O) groups excluding carboxylic acids is 3. The van der Waals surface area contributed by atoms with Crippen molar-refractivity contribution < 1.29 is 34.5 Å². The van der Waals surface area contributed by atoms with Crippen LogP contribution in [0.15, 0.2) is 48.5 Å². The van der Waals surface area contributed by atoms with E-state index in [4.69, 9.17) is 10.8 Å². The summed E-state index contributed by atoms with van der Waals surface area (Å²) in [5.41, 5.74) is 4.86. The molecule has 2 rings (SSSR count). The Hall–Kier alpha value is -3.76. The number of rotatable bonds is 4. The average molecular weight is 365 g/mol. The van der Waals surface area contributed by atoms with Crippen LogP contribution in [-0.2, 0) is 0 Å². The van der Waals surface area contributed by atoms with E-state index < -0.39 is 23.8 Å². The fraction of sp³-hybridized carbons (Fsp3) is 0. The molecule has 2 aromatic rings. The Kier molecular flexibility index (Phi) is 10.3. The second-order valence-electron chi connectivity index (χ2n) is 4.41.